The number of carbonyl (C=O) groups is 5. The molecule has 0 heterocycles. The highest BCUT2D eigenvalue weighted by molar-refractivity contribution is 7.32. The summed E-state index contributed by atoms with van der Waals surface area (Å²) < 4.78 is 50.0. The first-order chi connectivity index (χ1) is 29.9. The number of aryl methyl sites for hydroxylation is 1. The van der Waals surface area contributed by atoms with Crippen LogP contribution in [0.4, 0.5) is 8.78 Å². The van der Waals surface area contributed by atoms with Crippen molar-refractivity contribution in [3.05, 3.63) is 107 Å². The van der Waals surface area contributed by atoms with Gasteiger partial charge in [-0.2, -0.15) is 8.78 Å². The summed E-state index contributed by atoms with van der Waals surface area (Å²) in [5.41, 5.74) is 7.60. The van der Waals surface area contributed by atoms with Gasteiger partial charge in [0.15, 0.2) is 0 Å². The van der Waals surface area contributed by atoms with Gasteiger partial charge in [0.25, 0.3) is 5.91 Å². The molecule has 0 aromatic heterocycles. The number of alkyl halides is 2. The van der Waals surface area contributed by atoms with Crippen LogP contribution >= 0.6 is 8.25 Å². The van der Waals surface area contributed by atoms with Gasteiger partial charge in [0.1, 0.15) is 24.7 Å². The van der Waals surface area contributed by atoms with Gasteiger partial charge in [-0.1, -0.05) is 101 Å². The zero-order valence-corrected chi connectivity index (χ0v) is 37.4. The summed E-state index contributed by atoms with van der Waals surface area (Å²) in [7, 11) is -3.99. The van der Waals surface area contributed by atoms with E-state index < -0.39 is 61.7 Å². The van der Waals surface area contributed by atoms with Crippen molar-refractivity contribution < 1.29 is 51.5 Å². The van der Waals surface area contributed by atoms with Crippen molar-refractivity contribution in [3.63, 3.8) is 0 Å². The Morgan fingerprint density at radius 3 is 2.00 bits per heavy atom. The molecule has 3 aromatic rings. The van der Waals surface area contributed by atoms with Crippen molar-refractivity contribution in [1.29, 1.82) is 0 Å². The lowest BCUT2D eigenvalue weighted by Gasteiger charge is -2.37. The molecule has 14 nitrogen and oxygen atoms in total. The fourth-order valence-corrected chi connectivity index (χ4v) is 8.07. The predicted octanol–water partition coefficient (Wildman–Crippen LogP) is 5.50. The van der Waals surface area contributed by atoms with Crippen molar-refractivity contribution in [1.82, 2.24) is 21.3 Å². The highest BCUT2D eigenvalue weighted by Gasteiger charge is 2.36. The van der Waals surface area contributed by atoms with Crippen molar-refractivity contribution >= 4 is 37.8 Å². The monoisotopic (exact) mass is 897 g/mol. The zero-order chi connectivity index (χ0) is 46.1. The first-order valence-electron chi connectivity index (χ1n) is 21.6. The second-order valence-corrected chi connectivity index (χ2v) is 17.3. The van der Waals surface area contributed by atoms with Gasteiger partial charge in [0.2, 0.25) is 23.6 Å². The second-order valence-electron chi connectivity index (χ2n) is 16.6. The second kappa shape index (κ2) is 24.7. The topological polar surface area (TPSA) is 215 Å². The molecule has 7 unspecified atom stereocenters. The Morgan fingerprint density at radius 2 is 1.41 bits per heavy atom. The Morgan fingerprint density at radius 1 is 0.825 bits per heavy atom. The first kappa shape index (κ1) is 50.6. The fourth-order valence-electron chi connectivity index (χ4n) is 7.73. The van der Waals surface area contributed by atoms with Crippen LogP contribution in [0.5, 0.6) is 0 Å². The molecule has 1 saturated carbocycles. The Bertz CT molecular complexity index is 1990. The molecule has 5 amide bonds. The minimum atomic E-state index is -4.08. The maximum atomic E-state index is 14.4. The number of rotatable bonds is 24. The van der Waals surface area contributed by atoms with Crippen LogP contribution in [-0.2, 0) is 58.4 Å². The lowest BCUT2D eigenvalue weighted by Crippen LogP contribution is -2.57. The van der Waals surface area contributed by atoms with Crippen LogP contribution in [0.1, 0.15) is 98.8 Å². The number of unbranched alkanes of at least 4 members (excludes halogenated alkanes) is 1. The molecular weight excluding hydrogens is 836 g/mol. The molecule has 17 heteroatoms. The van der Waals surface area contributed by atoms with Crippen LogP contribution in [0, 0.1) is 17.8 Å². The van der Waals surface area contributed by atoms with Crippen LogP contribution < -0.4 is 27.0 Å². The number of halogens is 2. The number of amides is 5. The third-order valence-corrected chi connectivity index (χ3v) is 11.8. The summed E-state index contributed by atoms with van der Waals surface area (Å²) >= 11 is 0. The summed E-state index contributed by atoms with van der Waals surface area (Å²) in [5, 5.41) is 10.9. The average molecular weight is 898 g/mol. The molecule has 1 fully saturated rings. The van der Waals surface area contributed by atoms with E-state index in [-0.39, 0.29) is 43.8 Å². The highest BCUT2D eigenvalue weighted by Crippen LogP contribution is 2.38. The van der Waals surface area contributed by atoms with E-state index >= 15 is 0 Å². The summed E-state index contributed by atoms with van der Waals surface area (Å²) in [6.07, 6.45) is 0.230. The zero-order valence-electron chi connectivity index (χ0n) is 36.4. The summed E-state index contributed by atoms with van der Waals surface area (Å²) in [6, 6.07) is 16.8. The normalized spacial score (nSPS) is 18.4. The van der Waals surface area contributed by atoms with Crippen molar-refractivity contribution in [2.24, 2.45) is 23.5 Å². The smallest absolute Gasteiger partial charge is 0.368 e. The molecule has 0 saturated heterocycles. The van der Waals surface area contributed by atoms with E-state index in [1.165, 1.54) is 12.1 Å². The molecule has 0 aliphatic heterocycles. The Hall–Kier alpha value is -5.02. The fraction of sp³-hybridized carbons (Fsp3) is 0.500. The quantitative estimate of drug-likeness (QED) is 0.0494. The van der Waals surface area contributed by atoms with Gasteiger partial charge in [-0.3, -0.25) is 28.5 Å². The highest BCUT2D eigenvalue weighted by atomic mass is 31.1. The number of primary amides is 1. The Labute approximate surface area is 368 Å². The van der Waals surface area contributed by atoms with E-state index in [1.54, 1.807) is 42.5 Å². The van der Waals surface area contributed by atoms with E-state index in [0.717, 1.165) is 43.4 Å². The van der Waals surface area contributed by atoms with Gasteiger partial charge in [-0.05, 0) is 85.1 Å². The van der Waals surface area contributed by atoms with Crippen molar-refractivity contribution in [2.75, 3.05) is 13.2 Å². The number of carbonyl (C=O) groups excluding carboxylic acids is 5. The van der Waals surface area contributed by atoms with E-state index in [2.05, 4.69) is 46.6 Å². The largest absolute Gasteiger partial charge is 0.389 e. The Kier molecular flexibility index (Phi) is 19.9. The average Bonchev–Trinajstić information content (AvgIpc) is 3.24. The van der Waals surface area contributed by atoms with Crippen molar-refractivity contribution in [3.8, 4) is 0 Å². The molecule has 7 atom stereocenters. The minimum absolute atomic E-state index is 0.0457. The molecular formula is C46H62F2N5O9P. The number of benzene rings is 3. The van der Waals surface area contributed by atoms with Gasteiger partial charge in [0, 0.05) is 24.9 Å². The predicted molar refractivity (Wildman–Crippen MR) is 235 cm³/mol. The number of ether oxygens (including phenoxy) is 1. The van der Waals surface area contributed by atoms with Gasteiger partial charge in [-0.25, -0.2) is 4.52 Å². The standard InChI is InChI=1S/C46H62F2N5O9P/c1-5-31-15-19-34(20-16-31)43(56)50-24-10-9-13-37(42(49)55)52-45(58)39(27-33-17-21-35(22-18-33)46(47,48)62-63(59)60)53-44(57)38(26-32-11-7-6-8-12-32)51-41(54)28-61-40-25-30(4)14-23-36(40)29(2)3/h6-8,11-12,15-22,29-30,36-40,63H,5,9-10,13-14,23-28H2,1-4H3,(H2,49,55)(H,50,56)(H,51,54)(H,52,58)(H,53,57)(H,59,60). The molecule has 0 spiro atoms. The minimum Gasteiger partial charge on any atom is -0.368 e. The van der Waals surface area contributed by atoms with E-state index in [9.17, 15) is 37.3 Å². The lowest BCUT2D eigenvalue weighted by molar-refractivity contribution is -0.185. The summed E-state index contributed by atoms with van der Waals surface area (Å²) in [4.78, 5) is 75.8. The molecule has 7 N–H and O–H groups in total. The molecule has 344 valence electrons. The molecule has 4 rings (SSSR count). The molecule has 0 radical (unpaired) electrons. The maximum absolute atomic E-state index is 14.4. The summed E-state index contributed by atoms with van der Waals surface area (Å²) in [6.45, 7) is 8.44. The first-order valence-corrected chi connectivity index (χ1v) is 22.8. The van der Waals surface area contributed by atoms with Gasteiger partial charge in [0.05, 0.1) is 11.7 Å². The number of hydrogen-bond acceptors (Lipinski definition) is 8. The van der Waals surface area contributed by atoms with E-state index in [4.69, 9.17) is 15.4 Å². The molecule has 0 bridgehead atoms. The van der Waals surface area contributed by atoms with Gasteiger partial charge in [-0.15, -0.1) is 0 Å². The third kappa shape index (κ3) is 16.6. The molecule has 63 heavy (non-hydrogen) atoms. The maximum Gasteiger partial charge on any atom is 0.389 e. The van der Waals surface area contributed by atoms with Crippen molar-refractivity contribution in [2.45, 2.75) is 116 Å². The van der Waals surface area contributed by atoms with E-state index in [0.29, 0.717) is 47.9 Å². The SMILES string of the molecule is CCc1ccc(C(=O)NCCCCC(NC(=O)C(Cc2ccc(C(F)(F)O[PH](=O)O)cc2)NC(=O)C(Cc2ccccc2)NC(=O)COC2CC(C)CCC2C(C)C)C(N)=O)cc1. The van der Waals surface area contributed by atoms with Crippen LogP contribution in [0.2, 0.25) is 0 Å². The van der Waals surface area contributed by atoms with Gasteiger partial charge >= 0.3 is 14.4 Å². The van der Waals surface area contributed by atoms with Crippen LogP contribution in [0.25, 0.3) is 0 Å². The number of nitrogens with one attached hydrogen (secondary N) is 4. The molecule has 1 aliphatic carbocycles. The summed E-state index contributed by atoms with van der Waals surface area (Å²) in [5.74, 6) is -2.10. The van der Waals surface area contributed by atoms with Crippen LogP contribution in [0.3, 0.4) is 0 Å². The Balaban J connectivity index is 1.49. The lowest BCUT2D eigenvalue weighted by atomic mass is 9.75. The molecule has 3 aromatic carbocycles. The van der Waals surface area contributed by atoms with Gasteiger partial charge < -0.3 is 36.6 Å². The third-order valence-electron chi connectivity index (χ3n) is 11.4. The number of hydrogen-bond donors (Lipinski definition) is 6. The molecule has 1 aliphatic rings. The van der Waals surface area contributed by atoms with Crippen LogP contribution in [-0.4, -0.2) is 71.8 Å². The number of nitrogens with two attached hydrogens (primary N) is 1. The van der Waals surface area contributed by atoms with Crippen LogP contribution in [0.15, 0.2) is 78.9 Å². The van der Waals surface area contributed by atoms with E-state index in [1.807, 2.05) is 19.1 Å².